The van der Waals surface area contributed by atoms with Crippen LogP contribution in [0.25, 0.3) is 0 Å². The van der Waals surface area contributed by atoms with Gasteiger partial charge in [0.25, 0.3) is 0 Å². The predicted molar refractivity (Wildman–Crippen MR) is 71.8 cm³/mol. The summed E-state index contributed by atoms with van der Waals surface area (Å²) in [5.41, 5.74) is 5.96. The highest BCUT2D eigenvalue weighted by atomic mass is 17.3. The van der Waals surface area contributed by atoms with Gasteiger partial charge in [0.05, 0.1) is 0 Å². The van der Waals surface area contributed by atoms with Gasteiger partial charge in [0, 0.05) is 6.42 Å². The molecule has 3 heterocycles. The molecule has 0 radical (unpaired) electrons. The van der Waals surface area contributed by atoms with Crippen molar-refractivity contribution in [1.82, 2.24) is 0 Å². The standard InChI is InChI=1S/C15H27NO3/c1-9(2)11-6-5-10(3)12-7-8-14(4)17-13(16)15(11,12)19-18-14/h9-13H,5-8,16H2,1-4H3. The van der Waals surface area contributed by atoms with Crippen LogP contribution in [0.15, 0.2) is 0 Å². The maximum Gasteiger partial charge on any atom is 0.200 e. The Morgan fingerprint density at radius 3 is 2.53 bits per heavy atom. The van der Waals surface area contributed by atoms with Gasteiger partial charge in [-0.05, 0) is 49.9 Å². The minimum atomic E-state index is -0.663. The first-order valence-corrected chi connectivity index (χ1v) is 7.69. The Balaban J connectivity index is 2.04. The maximum atomic E-state index is 6.41. The fourth-order valence-electron chi connectivity index (χ4n) is 4.61. The summed E-state index contributed by atoms with van der Waals surface area (Å²) >= 11 is 0. The van der Waals surface area contributed by atoms with E-state index < -0.39 is 11.4 Å². The molecular weight excluding hydrogens is 242 g/mol. The minimum Gasteiger partial charge on any atom is -0.326 e. The van der Waals surface area contributed by atoms with E-state index in [0.717, 1.165) is 19.3 Å². The normalized spacial score (nSPS) is 54.0. The molecule has 0 amide bonds. The maximum absolute atomic E-state index is 6.41. The zero-order valence-corrected chi connectivity index (χ0v) is 12.5. The van der Waals surface area contributed by atoms with E-state index in [9.17, 15) is 0 Å². The van der Waals surface area contributed by atoms with Gasteiger partial charge in [0.15, 0.2) is 0 Å². The van der Waals surface area contributed by atoms with Gasteiger partial charge in [0.1, 0.15) is 11.8 Å². The van der Waals surface area contributed by atoms with Gasteiger partial charge in [-0.2, -0.15) is 0 Å². The number of rotatable bonds is 1. The molecule has 1 saturated carbocycles. The highest BCUT2D eigenvalue weighted by molar-refractivity contribution is 5.06. The highest BCUT2D eigenvalue weighted by Crippen LogP contribution is 2.56. The van der Waals surface area contributed by atoms with Crippen LogP contribution in [0.2, 0.25) is 0 Å². The zero-order valence-electron chi connectivity index (χ0n) is 12.5. The van der Waals surface area contributed by atoms with Gasteiger partial charge in [-0.1, -0.05) is 20.8 Å². The average molecular weight is 269 g/mol. The van der Waals surface area contributed by atoms with Gasteiger partial charge < -0.3 is 10.5 Å². The lowest BCUT2D eigenvalue weighted by Gasteiger charge is -2.55. The van der Waals surface area contributed by atoms with Crippen molar-refractivity contribution in [2.75, 3.05) is 0 Å². The van der Waals surface area contributed by atoms with Crippen LogP contribution in [0.1, 0.15) is 53.4 Å². The molecule has 6 unspecified atom stereocenters. The molecule has 6 atom stereocenters. The summed E-state index contributed by atoms with van der Waals surface area (Å²) in [5.74, 6) is 1.33. The lowest BCUT2D eigenvalue weighted by molar-refractivity contribution is -0.533. The molecule has 4 fully saturated rings. The molecule has 3 aliphatic heterocycles. The zero-order chi connectivity index (χ0) is 13.8. The molecule has 4 aliphatic rings. The number of fused-ring (bicyclic) bond motifs is 3. The summed E-state index contributed by atoms with van der Waals surface area (Å²) in [7, 11) is 0. The summed E-state index contributed by atoms with van der Waals surface area (Å²) in [6.45, 7) is 8.76. The molecule has 0 aromatic rings. The van der Waals surface area contributed by atoms with E-state index in [-0.39, 0.29) is 6.23 Å². The van der Waals surface area contributed by atoms with E-state index in [4.69, 9.17) is 20.2 Å². The van der Waals surface area contributed by atoms with Crippen LogP contribution >= 0.6 is 0 Å². The average Bonchev–Trinajstić information content (AvgIpc) is 2.54. The van der Waals surface area contributed by atoms with Crippen LogP contribution in [0.3, 0.4) is 0 Å². The van der Waals surface area contributed by atoms with Crippen LogP contribution < -0.4 is 5.73 Å². The van der Waals surface area contributed by atoms with Crippen molar-refractivity contribution < 1.29 is 14.5 Å². The lowest BCUT2D eigenvalue weighted by Crippen LogP contribution is -2.68. The van der Waals surface area contributed by atoms with Gasteiger partial charge in [-0.25, -0.2) is 9.78 Å². The van der Waals surface area contributed by atoms with E-state index in [1.807, 2.05) is 6.92 Å². The Morgan fingerprint density at radius 2 is 1.89 bits per heavy atom. The van der Waals surface area contributed by atoms with E-state index in [1.54, 1.807) is 0 Å². The quantitative estimate of drug-likeness (QED) is 0.744. The van der Waals surface area contributed by atoms with Gasteiger partial charge in [0.2, 0.25) is 5.79 Å². The van der Waals surface area contributed by atoms with Gasteiger partial charge in [-0.15, -0.1) is 0 Å². The van der Waals surface area contributed by atoms with Crippen molar-refractivity contribution in [3.05, 3.63) is 0 Å². The minimum absolute atomic E-state index is 0.381. The van der Waals surface area contributed by atoms with Crippen LogP contribution in [-0.4, -0.2) is 17.6 Å². The van der Waals surface area contributed by atoms with Crippen molar-refractivity contribution >= 4 is 0 Å². The fraction of sp³-hybridized carbons (Fsp3) is 1.00. The van der Waals surface area contributed by atoms with Crippen LogP contribution in [0, 0.1) is 23.7 Å². The van der Waals surface area contributed by atoms with E-state index in [2.05, 4.69) is 20.8 Å². The summed E-state index contributed by atoms with van der Waals surface area (Å²) in [6, 6.07) is 0. The monoisotopic (exact) mass is 269 g/mol. The van der Waals surface area contributed by atoms with Crippen LogP contribution in [0.4, 0.5) is 0 Å². The third-order valence-corrected chi connectivity index (χ3v) is 5.68. The molecule has 0 aromatic heterocycles. The van der Waals surface area contributed by atoms with Crippen LogP contribution in [-0.2, 0) is 14.5 Å². The summed E-state index contributed by atoms with van der Waals surface area (Å²) in [6.07, 6.45) is 3.96. The molecule has 4 rings (SSSR count). The topological polar surface area (TPSA) is 53.7 Å². The molecule has 2 bridgehead atoms. The highest BCUT2D eigenvalue weighted by Gasteiger charge is 2.64. The molecule has 1 aliphatic carbocycles. The van der Waals surface area contributed by atoms with Crippen molar-refractivity contribution in [2.24, 2.45) is 29.4 Å². The number of hydrogen-bond donors (Lipinski definition) is 1. The molecule has 0 aromatic carbocycles. The Hall–Kier alpha value is -0.160. The summed E-state index contributed by atoms with van der Waals surface area (Å²) in [5, 5.41) is 0. The third-order valence-electron chi connectivity index (χ3n) is 5.68. The molecular formula is C15H27NO3. The summed E-state index contributed by atoms with van der Waals surface area (Å²) in [4.78, 5) is 11.6. The second-order valence-electron chi connectivity index (χ2n) is 7.24. The first-order valence-electron chi connectivity index (χ1n) is 7.69. The SMILES string of the molecule is CC(C)C1CCC(C)C2CCC3(C)OOC12C(N)O3. The smallest absolute Gasteiger partial charge is 0.200 e. The molecule has 2 N–H and O–H groups in total. The first kappa shape index (κ1) is 13.8. The summed E-state index contributed by atoms with van der Waals surface area (Å²) < 4.78 is 6.02. The van der Waals surface area contributed by atoms with Crippen molar-refractivity contribution in [3.8, 4) is 0 Å². The van der Waals surface area contributed by atoms with E-state index in [1.165, 1.54) is 6.42 Å². The van der Waals surface area contributed by atoms with Gasteiger partial charge in [-0.3, -0.25) is 0 Å². The first-order chi connectivity index (χ1) is 8.89. The Morgan fingerprint density at radius 1 is 1.16 bits per heavy atom. The molecule has 1 spiro atoms. The largest absolute Gasteiger partial charge is 0.326 e. The fourth-order valence-corrected chi connectivity index (χ4v) is 4.61. The molecule has 4 heteroatoms. The van der Waals surface area contributed by atoms with Gasteiger partial charge >= 0.3 is 0 Å². The Kier molecular flexibility index (Phi) is 3.21. The third kappa shape index (κ3) is 1.88. The molecule has 4 nitrogen and oxygen atoms in total. The predicted octanol–water partition coefficient (Wildman–Crippen LogP) is 2.82. The van der Waals surface area contributed by atoms with E-state index >= 15 is 0 Å². The van der Waals surface area contributed by atoms with Crippen molar-refractivity contribution in [3.63, 3.8) is 0 Å². The van der Waals surface area contributed by atoms with Crippen molar-refractivity contribution in [2.45, 2.75) is 71.0 Å². The second-order valence-corrected chi connectivity index (χ2v) is 7.24. The number of nitrogens with two attached hydrogens (primary N) is 1. The Bertz CT molecular complexity index is 361. The van der Waals surface area contributed by atoms with Crippen molar-refractivity contribution in [1.29, 1.82) is 0 Å². The van der Waals surface area contributed by atoms with E-state index in [0.29, 0.717) is 23.7 Å². The molecule has 110 valence electrons. The number of hydrogen-bond acceptors (Lipinski definition) is 4. The number of ether oxygens (including phenoxy) is 1. The molecule has 19 heavy (non-hydrogen) atoms. The lowest BCUT2D eigenvalue weighted by atomic mass is 9.59. The Labute approximate surface area is 115 Å². The molecule has 3 saturated heterocycles. The van der Waals surface area contributed by atoms with Crippen LogP contribution in [0.5, 0.6) is 0 Å². The second kappa shape index (κ2) is 4.42.